The lowest BCUT2D eigenvalue weighted by Gasteiger charge is -2.23. The molecule has 2 aliphatic rings. The zero-order valence-corrected chi connectivity index (χ0v) is 17.2. The van der Waals surface area contributed by atoms with Gasteiger partial charge in [0.25, 0.3) is 15.9 Å². The summed E-state index contributed by atoms with van der Waals surface area (Å²) >= 11 is 0. The SMILES string of the molecule is CC[C@H](NC(=O)CN1C(=O)c2ccccc2S1(=O)=O)c1ccc2c(c1)CCCC2. The highest BCUT2D eigenvalue weighted by atomic mass is 32.2. The summed E-state index contributed by atoms with van der Waals surface area (Å²) in [4.78, 5) is 25.1. The second kappa shape index (κ2) is 7.63. The third-order valence-electron chi connectivity index (χ3n) is 5.72. The van der Waals surface area contributed by atoms with E-state index in [-0.39, 0.29) is 16.5 Å². The third-order valence-corrected chi connectivity index (χ3v) is 7.50. The van der Waals surface area contributed by atoms with E-state index in [1.54, 1.807) is 12.1 Å². The minimum Gasteiger partial charge on any atom is -0.348 e. The molecule has 0 spiro atoms. The van der Waals surface area contributed by atoms with Crippen molar-refractivity contribution >= 4 is 21.8 Å². The van der Waals surface area contributed by atoms with E-state index in [1.807, 2.05) is 13.0 Å². The largest absolute Gasteiger partial charge is 0.348 e. The quantitative estimate of drug-likeness (QED) is 0.818. The van der Waals surface area contributed by atoms with Crippen molar-refractivity contribution in [3.8, 4) is 0 Å². The molecule has 1 atom stereocenters. The molecule has 4 rings (SSSR count). The van der Waals surface area contributed by atoms with Crippen molar-refractivity contribution in [1.82, 2.24) is 9.62 Å². The Morgan fingerprint density at radius 3 is 2.55 bits per heavy atom. The molecule has 1 aliphatic carbocycles. The lowest BCUT2D eigenvalue weighted by molar-refractivity contribution is -0.121. The van der Waals surface area contributed by atoms with Gasteiger partial charge in [-0.1, -0.05) is 37.3 Å². The van der Waals surface area contributed by atoms with Crippen molar-refractivity contribution in [2.24, 2.45) is 0 Å². The number of nitrogens with one attached hydrogen (secondary N) is 1. The normalized spacial score (nSPS) is 18.1. The average Bonchev–Trinajstić information content (AvgIpc) is 2.92. The van der Waals surface area contributed by atoms with Crippen LogP contribution in [-0.4, -0.2) is 31.1 Å². The molecule has 1 heterocycles. The number of aryl methyl sites for hydroxylation is 2. The molecular formula is C22H24N2O4S. The Balaban J connectivity index is 1.50. The summed E-state index contributed by atoms with van der Waals surface area (Å²) in [5.74, 6) is -1.14. The first-order chi connectivity index (χ1) is 13.9. The number of amides is 2. The lowest BCUT2D eigenvalue weighted by Crippen LogP contribution is -2.41. The molecule has 2 aromatic carbocycles. The molecule has 152 valence electrons. The topological polar surface area (TPSA) is 83.6 Å². The Labute approximate surface area is 171 Å². The van der Waals surface area contributed by atoms with Gasteiger partial charge in [0.2, 0.25) is 5.91 Å². The van der Waals surface area contributed by atoms with E-state index >= 15 is 0 Å². The fourth-order valence-electron chi connectivity index (χ4n) is 4.15. The molecule has 0 saturated heterocycles. The number of hydrogen-bond acceptors (Lipinski definition) is 4. The molecule has 0 fully saturated rings. The van der Waals surface area contributed by atoms with E-state index in [9.17, 15) is 18.0 Å². The van der Waals surface area contributed by atoms with Gasteiger partial charge in [0.15, 0.2) is 0 Å². The molecule has 6 nitrogen and oxygen atoms in total. The van der Waals surface area contributed by atoms with Crippen LogP contribution < -0.4 is 5.32 Å². The van der Waals surface area contributed by atoms with E-state index in [0.29, 0.717) is 10.7 Å². The minimum absolute atomic E-state index is 0.0421. The number of hydrogen-bond donors (Lipinski definition) is 1. The van der Waals surface area contributed by atoms with Crippen molar-refractivity contribution in [1.29, 1.82) is 0 Å². The van der Waals surface area contributed by atoms with Gasteiger partial charge in [-0.3, -0.25) is 9.59 Å². The molecule has 0 saturated carbocycles. The molecule has 0 unspecified atom stereocenters. The fourth-order valence-corrected chi connectivity index (χ4v) is 5.67. The van der Waals surface area contributed by atoms with Crippen LogP contribution in [0.1, 0.15) is 59.3 Å². The zero-order chi connectivity index (χ0) is 20.6. The number of nitrogens with zero attached hydrogens (tertiary/aromatic N) is 1. The second-order valence-electron chi connectivity index (χ2n) is 7.58. The summed E-state index contributed by atoms with van der Waals surface area (Å²) in [6.45, 7) is 1.45. The highest BCUT2D eigenvalue weighted by Crippen LogP contribution is 2.30. The number of carbonyl (C=O) groups excluding carboxylic acids is 2. The van der Waals surface area contributed by atoms with Crippen LogP contribution in [0.4, 0.5) is 0 Å². The summed E-state index contributed by atoms with van der Waals surface area (Å²) in [5.41, 5.74) is 3.82. The van der Waals surface area contributed by atoms with Crippen molar-refractivity contribution in [2.75, 3.05) is 6.54 Å². The number of carbonyl (C=O) groups is 2. The van der Waals surface area contributed by atoms with Crippen LogP contribution in [-0.2, 0) is 27.7 Å². The van der Waals surface area contributed by atoms with E-state index in [1.165, 1.54) is 36.1 Å². The lowest BCUT2D eigenvalue weighted by atomic mass is 9.89. The maximum Gasteiger partial charge on any atom is 0.269 e. The van der Waals surface area contributed by atoms with Gasteiger partial charge in [0, 0.05) is 0 Å². The Morgan fingerprint density at radius 2 is 1.83 bits per heavy atom. The molecule has 1 N–H and O–H groups in total. The van der Waals surface area contributed by atoms with Crippen LogP contribution >= 0.6 is 0 Å². The minimum atomic E-state index is -3.99. The van der Waals surface area contributed by atoms with E-state index in [2.05, 4.69) is 17.4 Å². The predicted octanol–water partition coefficient (Wildman–Crippen LogP) is 2.98. The Morgan fingerprint density at radius 1 is 1.10 bits per heavy atom. The molecule has 2 amide bonds. The van der Waals surface area contributed by atoms with Gasteiger partial charge >= 0.3 is 0 Å². The number of benzene rings is 2. The van der Waals surface area contributed by atoms with Crippen LogP contribution in [0.5, 0.6) is 0 Å². The maximum absolute atomic E-state index is 12.6. The van der Waals surface area contributed by atoms with Gasteiger partial charge in [-0.2, -0.15) is 0 Å². The Kier molecular flexibility index (Phi) is 5.17. The van der Waals surface area contributed by atoms with Crippen molar-refractivity contribution in [3.63, 3.8) is 0 Å². The summed E-state index contributed by atoms with van der Waals surface area (Å²) in [6.07, 6.45) is 5.20. The van der Waals surface area contributed by atoms with Crippen molar-refractivity contribution in [2.45, 2.75) is 50.0 Å². The van der Waals surface area contributed by atoms with E-state index in [0.717, 1.165) is 18.4 Å². The standard InChI is InChI=1S/C22H24N2O4S/c1-2-19(17-12-11-15-7-3-4-8-16(15)13-17)23-21(25)14-24-22(26)18-9-5-6-10-20(18)29(24,27)28/h5-6,9-13,19H,2-4,7-8,14H2,1H3,(H,23,25)/t19-/m0/s1. The zero-order valence-electron chi connectivity index (χ0n) is 16.3. The Bertz CT molecular complexity index is 1080. The van der Waals surface area contributed by atoms with Gasteiger partial charge in [0.1, 0.15) is 11.4 Å². The van der Waals surface area contributed by atoms with Gasteiger partial charge in [-0.15, -0.1) is 0 Å². The van der Waals surface area contributed by atoms with Crippen LogP contribution in [0.2, 0.25) is 0 Å². The van der Waals surface area contributed by atoms with Crippen LogP contribution in [0.15, 0.2) is 47.4 Å². The van der Waals surface area contributed by atoms with Gasteiger partial charge in [-0.05, 0) is 60.9 Å². The molecule has 0 bridgehead atoms. The first-order valence-corrected chi connectivity index (χ1v) is 11.4. The van der Waals surface area contributed by atoms with Gasteiger partial charge < -0.3 is 5.32 Å². The summed E-state index contributed by atoms with van der Waals surface area (Å²) < 4.78 is 25.9. The van der Waals surface area contributed by atoms with Crippen molar-refractivity contribution < 1.29 is 18.0 Å². The maximum atomic E-state index is 12.6. The highest BCUT2D eigenvalue weighted by Gasteiger charge is 2.41. The first-order valence-electron chi connectivity index (χ1n) is 9.99. The van der Waals surface area contributed by atoms with E-state index in [4.69, 9.17) is 0 Å². The van der Waals surface area contributed by atoms with Crippen LogP contribution in [0.3, 0.4) is 0 Å². The monoisotopic (exact) mass is 412 g/mol. The predicted molar refractivity (Wildman–Crippen MR) is 109 cm³/mol. The van der Waals surface area contributed by atoms with Crippen molar-refractivity contribution in [3.05, 3.63) is 64.7 Å². The van der Waals surface area contributed by atoms with E-state index < -0.39 is 28.4 Å². The molecule has 0 aromatic heterocycles. The number of rotatable bonds is 5. The van der Waals surface area contributed by atoms with Gasteiger partial charge in [0.05, 0.1) is 11.6 Å². The molecule has 29 heavy (non-hydrogen) atoms. The summed E-state index contributed by atoms with van der Waals surface area (Å²) in [7, 11) is -3.99. The summed E-state index contributed by atoms with van der Waals surface area (Å²) in [6, 6.07) is 12.1. The number of fused-ring (bicyclic) bond motifs is 2. The highest BCUT2D eigenvalue weighted by molar-refractivity contribution is 7.90. The first kappa shape index (κ1) is 19.6. The average molecular weight is 413 g/mol. The van der Waals surface area contributed by atoms with Gasteiger partial charge in [-0.25, -0.2) is 12.7 Å². The molecule has 2 aromatic rings. The Hall–Kier alpha value is -2.67. The molecule has 0 radical (unpaired) electrons. The second-order valence-corrected chi connectivity index (χ2v) is 9.41. The number of sulfonamides is 1. The molecule has 1 aliphatic heterocycles. The smallest absolute Gasteiger partial charge is 0.269 e. The third kappa shape index (κ3) is 3.55. The summed E-state index contributed by atoms with van der Waals surface area (Å²) in [5, 5.41) is 2.90. The van der Waals surface area contributed by atoms with Crippen LogP contribution in [0.25, 0.3) is 0 Å². The molecular weight excluding hydrogens is 388 g/mol. The van der Waals surface area contributed by atoms with Crippen LogP contribution in [0, 0.1) is 0 Å². The fraction of sp³-hybridized carbons (Fsp3) is 0.364. The molecule has 7 heteroatoms.